The molecule has 0 spiro atoms. The van der Waals surface area contributed by atoms with Crippen LogP contribution in [0.1, 0.15) is 45.9 Å². The van der Waals surface area contributed by atoms with Crippen molar-refractivity contribution in [1.29, 1.82) is 0 Å². The maximum atomic E-state index is 12.9. The first-order valence-corrected chi connectivity index (χ1v) is 8.15. The molecule has 1 amide bonds. The van der Waals surface area contributed by atoms with Crippen molar-refractivity contribution in [1.82, 2.24) is 9.88 Å². The lowest BCUT2D eigenvalue weighted by Crippen LogP contribution is -2.45. The molecule has 4 nitrogen and oxygen atoms in total. The molecule has 1 aliphatic rings. The first kappa shape index (κ1) is 16.5. The molecule has 0 N–H and O–H groups in total. The molecule has 1 aromatic heterocycles. The van der Waals surface area contributed by atoms with Gasteiger partial charge < -0.3 is 9.32 Å². The van der Waals surface area contributed by atoms with Crippen molar-refractivity contribution in [2.24, 2.45) is 5.92 Å². The highest BCUT2D eigenvalue weighted by molar-refractivity contribution is 5.96. The van der Waals surface area contributed by atoms with Crippen molar-refractivity contribution in [2.45, 2.75) is 52.5 Å². The predicted molar refractivity (Wildman–Crippen MR) is 87.3 cm³/mol. The van der Waals surface area contributed by atoms with Crippen LogP contribution in [0.4, 0.5) is 0 Å². The van der Waals surface area contributed by atoms with E-state index in [2.05, 4.69) is 18.8 Å². The van der Waals surface area contributed by atoms with Gasteiger partial charge in [-0.3, -0.25) is 4.79 Å². The summed E-state index contributed by atoms with van der Waals surface area (Å²) in [6.07, 6.45) is 13.1. The fourth-order valence-electron chi connectivity index (χ4n) is 2.94. The van der Waals surface area contributed by atoms with Gasteiger partial charge in [0.2, 0.25) is 0 Å². The number of aromatic nitrogens is 1. The highest BCUT2D eigenvalue weighted by Gasteiger charge is 2.29. The molecule has 0 aromatic carbocycles. The van der Waals surface area contributed by atoms with E-state index in [1.807, 2.05) is 30.1 Å². The van der Waals surface area contributed by atoms with Crippen LogP contribution in [0.3, 0.4) is 0 Å². The zero-order valence-corrected chi connectivity index (χ0v) is 13.8. The van der Waals surface area contributed by atoms with E-state index in [9.17, 15) is 4.79 Å². The predicted octanol–water partition coefficient (Wildman–Crippen LogP) is 3.76. The van der Waals surface area contributed by atoms with Crippen molar-refractivity contribution in [3.63, 3.8) is 0 Å². The fraction of sp³-hybridized carbons (Fsp3) is 0.556. The van der Waals surface area contributed by atoms with E-state index in [0.29, 0.717) is 18.2 Å². The van der Waals surface area contributed by atoms with Gasteiger partial charge in [-0.2, -0.15) is 0 Å². The van der Waals surface area contributed by atoms with Crippen molar-refractivity contribution >= 4 is 5.91 Å². The Morgan fingerprint density at radius 2 is 2.32 bits per heavy atom. The first-order valence-electron chi connectivity index (χ1n) is 8.15. The highest BCUT2D eigenvalue weighted by Crippen LogP contribution is 2.23. The van der Waals surface area contributed by atoms with Crippen LogP contribution in [0.25, 0.3) is 0 Å². The Hall–Kier alpha value is -1.84. The SMILES string of the molecule is C/C=C\C(=C/C(C)C)C(=O)N1CCCCC1Cc1ncco1. The van der Waals surface area contributed by atoms with Crippen LogP contribution in [-0.2, 0) is 11.2 Å². The van der Waals surface area contributed by atoms with E-state index in [1.54, 1.807) is 12.5 Å². The van der Waals surface area contributed by atoms with Gasteiger partial charge >= 0.3 is 0 Å². The van der Waals surface area contributed by atoms with Gasteiger partial charge in [-0.25, -0.2) is 4.98 Å². The molecule has 1 unspecified atom stereocenters. The number of oxazole rings is 1. The third-order valence-corrected chi connectivity index (χ3v) is 3.89. The monoisotopic (exact) mass is 302 g/mol. The molecule has 120 valence electrons. The van der Waals surface area contributed by atoms with Gasteiger partial charge in [0.05, 0.1) is 6.20 Å². The lowest BCUT2D eigenvalue weighted by atomic mass is 9.97. The molecule has 1 fully saturated rings. The summed E-state index contributed by atoms with van der Waals surface area (Å²) >= 11 is 0. The van der Waals surface area contributed by atoms with Crippen molar-refractivity contribution in [3.05, 3.63) is 42.2 Å². The number of amides is 1. The summed E-state index contributed by atoms with van der Waals surface area (Å²) in [5.41, 5.74) is 0.789. The van der Waals surface area contributed by atoms with Gasteiger partial charge in [0.25, 0.3) is 5.91 Å². The molecule has 0 saturated carbocycles. The first-order chi connectivity index (χ1) is 10.6. The lowest BCUT2D eigenvalue weighted by Gasteiger charge is -2.35. The molecule has 4 heteroatoms. The van der Waals surface area contributed by atoms with E-state index in [1.165, 1.54) is 0 Å². The van der Waals surface area contributed by atoms with Gasteiger partial charge in [0.1, 0.15) is 6.26 Å². The molecule has 2 rings (SSSR count). The number of hydrogen-bond acceptors (Lipinski definition) is 3. The molecule has 0 radical (unpaired) electrons. The summed E-state index contributed by atoms with van der Waals surface area (Å²) < 4.78 is 5.36. The lowest BCUT2D eigenvalue weighted by molar-refractivity contribution is -0.130. The molecule has 0 bridgehead atoms. The average Bonchev–Trinajstić information content (AvgIpc) is 2.99. The van der Waals surface area contributed by atoms with Gasteiger partial charge in [0, 0.05) is 24.6 Å². The fourth-order valence-corrected chi connectivity index (χ4v) is 2.94. The Kier molecular flexibility index (Phi) is 5.99. The molecule has 22 heavy (non-hydrogen) atoms. The van der Waals surface area contributed by atoms with Crippen LogP contribution in [0.5, 0.6) is 0 Å². The van der Waals surface area contributed by atoms with Gasteiger partial charge in [-0.15, -0.1) is 0 Å². The van der Waals surface area contributed by atoms with Crippen molar-refractivity contribution in [3.8, 4) is 0 Å². The minimum atomic E-state index is 0.128. The number of carbonyl (C=O) groups is 1. The Labute approximate surface area is 132 Å². The van der Waals surface area contributed by atoms with Crippen LogP contribution < -0.4 is 0 Å². The maximum Gasteiger partial charge on any atom is 0.253 e. The zero-order chi connectivity index (χ0) is 15.9. The third kappa shape index (κ3) is 4.33. The molecule has 1 atom stereocenters. The second-order valence-corrected chi connectivity index (χ2v) is 6.14. The summed E-state index contributed by atoms with van der Waals surface area (Å²) in [6, 6.07) is 0.181. The van der Waals surface area contributed by atoms with Gasteiger partial charge in [-0.05, 0) is 32.1 Å². The molecule has 2 heterocycles. The Morgan fingerprint density at radius 3 is 2.95 bits per heavy atom. The summed E-state index contributed by atoms with van der Waals surface area (Å²) in [7, 11) is 0. The van der Waals surface area contributed by atoms with E-state index in [4.69, 9.17) is 4.42 Å². The summed E-state index contributed by atoms with van der Waals surface area (Å²) in [4.78, 5) is 19.1. The summed E-state index contributed by atoms with van der Waals surface area (Å²) in [5, 5.41) is 0. The number of likely N-dealkylation sites (tertiary alicyclic amines) is 1. The highest BCUT2D eigenvalue weighted by atomic mass is 16.3. The number of allylic oxidation sites excluding steroid dienone is 2. The van der Waals surface area contributed by atoms with E-state index in [-0.39, 0.29) is 11.9 Å². The summed E-state index contributed by atoms with van der Waals surface area (Å²) in [5.74, 6) is 1.19. The Morgan fingerprint density at radius 1 is 1.50 bits per heavy atom. The number of rotatable bonds is 5. The third-order valence-electron chi connectivity index (χ3n) is 3.89. The Balaban J connectivity index is 2.16. The molecular formula is C18H26N2O2. The topological polar surface area (TPSA) is 46.3 Å². The van der Waals surface area contributed by atoms with Crippen LogP contribution in [0.15, 0.2) is 40.7 Å². The largest absolute Gasteiger partial charge is 0.449 e. The van der Waals surface area contributed by atoms with Crippen LogP contribution in [0, 0.1) is 5.92 Å². The number of piperidine rings is 1. The van der Waals surface area contributed by atoms with Crippen LogP contribution in [0.2, 0.25) is 0 Å². The Bertz CT molecular complexity index is 529. The second-order valence-electron chi connectivity index (χ2n) is 6.14. The normalized spacial score (nSPS) is 20.1. The summed E-state index contributed by atoms with van der Waals surface area (Å²) in [6.45, 7) is 6.95. The second kappa shape index (κ2) is 7.97. The molecule has 1 aromatic rings. The zero-order valence-electron chi connectivity index (χ0n) is 13.8. The molecule has 0 aliphatic carbocycles. The van der Waals surface area contributed by atoms with E-state index < -0.39 is 0 Å². The van der Waals surface area contributed by atoms with Crippen molar-refractivity contribution < 1.29 is 9.21 Å². The standard InChI is InChI=1S/C18H26N2O2/c1-4-7-15(12-14(2)3)18(21)20-10-6-5-8-16(20)13-17-19-9-11-22-17/h4,7,9,11-12,14,16H,5-6,8,10,13H2,1-3H3/b7-4-,15-12+. The minimum Gasteiger partial charge on any atom is -0.449 e. The van der Waals surface area contributed by atoms with E-state index in [0.717, 1.165) is 31.4 Å². The number of hydrogen-bond donors (Lipinski definition) is 0. The van der Waals surface area contributed by atoms with Gasteiger partial charge in [0.15, 0.2) is 5.89 Å². The average molecular weight is 302 g/mol. The van der Waals surface area contributed by atoms with Gasteiger partial charge in [-0.1, -0.05) is 32.1 Å². The van der Waals surface area contributed by atoms with Crippen LogP contribution in [-0.4, -0.2) is 28.4 Å². The van der Waals surface area contributed by atoms with E-state index >= 15 is 0 Å². The quantitative estimate of drug-likeness (QED) is 0.614. The number of nitrogens with zero attached hydrogens (tertiary/aromatic N) is 2. The maximum absolute atomic E-state index is 12.9. The molecule has 1 aliphatic heterocycles. The van der Waals surface area contributed by atoms with Crippen LogP contribution >= 0.6 is 0 Å². The minimum absolute atomic E-state index is 0.128. The number of carbonyl (C=O) groups excluding carboxylic acids is 1. The molecule has 1 saturated heterocycles. The van der Waals surface area contributed by atoms with Crippen molar-refractivity contribution in [2.75, 3.05) is 6.54 Å². The smallest absolute Gasteiger partial charge is 0.253 e. The molecular weight excluding hydrogens is 276 g/mol.